The molecule has 0 saturated heterocycles. The summed E-state index contributed by atoms with van der Waals surface area (Å²) in [6, 6.07) is 2.77. The number of esters is 3. The first-order valence-electron chi connectivity index (χ1n) is 23.0. The number of ether oxygens (including phenoxy) is 6. The summed E-state index contributed by atoms with van der Waals surface area (Å²) in [7, 11) is -4.85. The maximum atomic E-state index is 12.4. The smallest absolute Gasteiger partial charge is 0.744 e. The van der Waals surface area contributed by atoms with Crippen LogP contribution in [0.25, 0.3) is 0 Å². The third-order valence-electron chi connectivity index (χ3n) is 10.2. The summed E-state index contributed by atoms with van der Waals surface area (Å²) in [6.07, 6.45) is 30.8. The van der Waals surface area contributed by atoms with E-state index in [0.717, 1.165) is 167 Å². The molecule has 0 bridgehead atoms. The van der Waals surface area contributed by atoms with Gasteiger partial charge in [-0.15, -0.1) is 0 Å². The Kier molecular flexibility index (Phi) is 38.4. The summed E-state index contributed by atoms with van der Waals surface area (Å²) in [6.45, 7) is 12.5. The van der Waals surface area contributed by atoms with Crippen molar-refractivity contribution in [1.29, 1.82) is 0 Å². The molecule has 62 heavy (non-hydrogen) atoms. The Morgan fingerprint density at radius 3 is 0.968 bits per heavy atom. The predicted molar refractivity (Wildman–Crippen MR) is 239 cm³/mol. The Labute approximate surface area is 386 Å². The summed E-state index contributed by atoms with van der Waals surface area (Å²) in [4.78, 5) is 32.9. The van der Waals surface area contributed by atoms with Crippen molar-refractivity contribution in [3.63, 3.8) is 0 Å². The molecule has 0 aliphatic rings. The molecule has 0 atom stereocenters. The van der Waals surface area contributed by atoms with Gasteiger partial charge in [-0.1, -0.05) is 155 Å². The van der Waals surface area contributed by atoms with Gasteiger partial charge in [0.2, 0.25) is 5.75 Å². The average Bonchev–Trinajstić information content (AvgIpc) is 3.25. The van der Waals surface area contributed by atoms with E-state index in [4.69, 9.17) is 28.4 Å². The Morgan fingerprint density at radius 2 is 0.677 bits per heavy atom. The fourth-order valence-electron chi connectivity index (χ4n) is 6.66. The largest absolute Gasteiger partial charge is 1.00 e. The minimum Gasteiger partial charge on any atom is -0.744 e. The quantitative estimate of drug-likeness (QED) is 0.0154. The van der Waals surface area contributed by atoms with Gasteiger partial charge in [0.25, 0.3) is 0 Å². The summed E-state index contributed by atoms with van der Waals surface area (Å²) >= 11 is 0. The molecule has 1 aromatic carbocycles. The number of carbonyl (C=O) groups excluding carboxylic acids is 3. The molecule has 14 heteroatoms. The van der Waals surface area contributed by atoms with Gasteiger partial charge < -0.3 is 33.0 Å². The van der Waals surface area contributed by atoms with Gasteiger partial charge >= 0.3 is 36.8 Å². The van der Waals surface area contributed by atoms with E-state index < -0.39 is 15.0 Å². The molecule has 0 aliphatic heterocycles. The standard InChI is InChI=1S/C48H78O12S.Li/c1-4-44(49)56-37-29-23-17-11-7-10-16-22-28-36-55-42-34-35-43(61(52,53)54)48(60-41-33-27-21-15-9-13-19-25-31-39-58-46(51)6-3)47(42)59-40-32-26-20-14-8-12-18-24-30-38-57-45(50)5-2;/h4-6,34-35H,1-3,7-33,36-41H2,(H,52,53,54);/q;+1/p-1. The maximum absolute atomic E-state index is 12.4. The van der Waals surface area contributed by atoms with Crippen LogP contribution in [0.4, 0.5) is 0 Å². The van der Waals surface area contributed by atoms with Crippen molar-refractivity contribution in [3.8, 4) is 17.2 Å². The summed E-state index contributed by atoms with van der Waals surface area (Å²) < 4.78 is 70.7. The molecule has 0 N–H and O–H groups in total. The van der Waals surface area contributed by atoms with Gasteiger partial charge in [-0.05, 0) is 50.7 Å². The van der Waals surface area contributed by atoms with Crippen molar-refractivity contribution in [1.82, 2.24) is 0 Å². The number of hydrogen-bond acceptors (Lipinski definition) is 12. The molecule has 0 aliphatic carbocycles. The second-order valence-electron chi connectivity index (χ2n) is 15.4. The third kappa shape index (κ3) is 32.4. The Balaban J connectivity index is 0.0000372. The summed E-state index contributed by atoms with van der Waals surface area (Å²) in [5.41, 5.74) is 0. The molecule has 0 radical (unpaired) electrons. The van der Waals surface area contributed by atoms with Crippen molar-refractivity contribution < 1.29 is 74.6 Å². The van der Waals surface area contributed by atoms with Crippen LogP contribution in [0.2, 0.25) is 0 Å². The SMILES string of the molecule is C=CC(=O)OCCCCCCCCCCCOc1ccc(S(=O)(=O)[O-])c(OCCCCCCCCCCCOC(=O)C=C)c1OCCCCCCCCCCCOC(=O)C=C.[Li+]. The van der Waals surface area contributed by atoms with Crippen LogP contribution >= 0.6 is 0 Å². The van der Waals surface area contributed by atoms with Gasteiger partial charge in [0.05, 0.1) is 39.6 Å². The first-order valence-corrected chi connectivity index (χ1v) is 24.4. The zero-order chi connectivity index (χ0) is 44.7. The Bertz CT molecular complexity index is 1470. The topological polar surface area (TPSA) is 164 Å². The fraction of sp³-hybridized carbons (Fsp3) is 0.688. The van der Waals surface area contributed by atoms with Gasteiger partial charge in [-0.25, -0.2) is 22.8 Å². The predicted octanol–water partition coefficient (Wildman–Crippen LogP) is 8.45. The van der Waals surface area contributed by atoms with Gasteiger partial charge in [0.15, 0.2) is 11.5 Å². The molecule has 0 saturated carbocycles. The molecule has 348 valence electrons. The van der Waals surface area contributed by atoms with Crippen LogP contribution in [0.1, 0.15) is 173 Å². The van der Waals surface area contributed by atoms with Crippen LogP contribution in [-0.2, 0) is 38.7 Å². The van der Waals surface area contributed by atoms with Crippen LogP contribution in [0.15, 0.2) is 55.0 Å². The Morgan fingerprint density at radius 1 is 0.419 bits per heavy atom. The van der Waals surface area contributed by atoms with Crippen molar-refractivity contribution in [3.05, 3.63) is 50.1 Å². The second-order valence-corrected chi connectivity index (χ2v) is 16.7. The first kappa shape index (κ1) is 58.8. The molecule has 0 spiro atoms. The molecule has 1 aromatic rings. The monoisotopic (exact) mass is 885 g/mol. The van der Waals surface area contributed by atoms with Gasteiger partial charge in [0.1, 0.15) is 15.0 Å². The molecule has 12 nitrogen and oxygen atoms in total. The molecule has 0 heterocycles. The molecular weight excluding hydrogens is 808 g/mol. The first-order chi connectivity index (χ1) is 29.6. The van der Waals surface area contributed by atoms with Crippen molar-refractivity contribution >= 4 is 28.0 Å². The number of hydrogen-bond donors (Lipinski definition) is 0. The van der Waals surface area contributed by atoms with Crippen molar-refractivity contribution in [2.45, 2.75) is 178 Å². The van der Waals surface area contributed by atoms with Crippen molar-refractivity contribution in [2.24, 2.45) is 0 Å². The zero-order valence-corrected chi connectivity index (χ0v) is 39.0. The molecule has 0 fully saturated rings. The third-order valence-corrected chi connectivity index (χ3v) is 11.0. The van der Waals surface area contributed by atoms with Crippen LogP contribution < -0.4 is 33.1 Å². The van der Waals surface area contributed by atoms with E-state index in [-0.39, 0.29) is 54.9 Å². The van der Waals surface area contributed by atoms with E-state index in [1.54, 1.807) is 0 Å². The van der Waals surface area contributed by atoms with Gasteiger partial charge in [0, 0.05) is 18.2 Å². The normalized spacial score (nSPS) is 10.9. The molecule has 0 unspecified atom stereocenters. The van der Waals surface area contributed by atoms with Crippen LogP contribution in [-0.4, -0.2) is 70.5 Å². The van der Waals surface area contributed by atoms with Gasteiger partial charge in [-0.3, -0.25) is 0 Å². The van der Waals surface area contributed by atoms with Crippen molar-refractivity contribution in [2.75, 3.05) is 39.6 Å². The molecule has 1 rings (SSSR count). The Hall–Kier alpha value is -3.24. The minimum absolute atomic E-state index is 0. The number of unbranched alkanes of at least 4 members (excludes halogenated alkanes) is 24. The van der Waals surface area contributed by atoms with E-state index >= 15 is 0 Å². The average molecular weight is 885 g/mol. The van der Waals surface area contributed by atoms with Gasteiger partial charge in [-0.2, -0.15) is 0 Å². The van der Waals surface area contributed by atoms with Crippen LogP contribution in [0, 0.1) is 0 Å². The van der Waals surface area contributed by atoms with E-state index in [1.807, 2.05) is 0 Å². The number of benzene rings is 1. The summed E-state index contributed by atoms with van der Waals surface area (Å²) in [5.74, 6) is -0.657. The van der Waals surface area contributed by atoms with E-state index in [2.05, 4.69) is 19.7 Å². The molecule has 0 amide bonds. The summed E-state index contributed by atoms with van der Waals surface area (Å²) in [5, 5.41) is 0. The van der Waals surface area contributed by atoms with E-state index in [1.165, 1.54) is 30.4 Å². The molecular formula is C48H77LiO12S. The maximum Gasteiger partial charge on any atom is 1.00 e. The number of carbonyl (C=O) groups is 3. The second kappa shape index (κ2) is 40.5. The van der Waals surface area contributed by atoms with Crippen LogP contribution in [0.5, 0.6) is 17.2 Å². The van der Waals surface area contributed by atoms with E-state index in [9.17, 15) is 27.4 Å². The fourth-order valence-corrected chi connectivity index (χ4v) is 7.27. The minimum atomic E-state index is -4.85. The zero-order valence-electron chi connectivity index (χ0n) is 38.1. The molecule has 0 aromatic heterocycles. The van der Waals surface area contributed by atoms with Crippen LogP contribution in [0.3, 0.4) is 0 Å². The number of rotatable bonds is 43. The van der Waals surface area contributed by atoms with E-state index in [0.29, 0.717) is 45.2 Å².